The third kappa shape index (κ3) is 4.08. The molecule has 0 saturated carbocycles. The van der Waals surface area contributed by atoms with Crippen LogP contribution < -0.4 is 15.9 Å². The van der Waals surface area contributed by atoms with Crippen LogP contribution in [0.1, 0.15) is 32.3 Å². The van der Waals surface area contributed by atoms with Crippen molar-refractivity contribution in [2.24, 2.45) is 5.92 Å². The van der Waals surface area contributed by atoms with Crippen molar-refractivity contribution in [3.63, 3.8) is 0 Å². The van der Waals surface area contributed by atoms with Gasteiger partial charge in [0.05, 0.1) is 5.52 Å². The maximum Gasteiger partial charge on any atom is 0.350 e. The smallest absolute Gasteiger partial charge is 0.350 e. The minimum Gasteiger partial charge on any atom is -0.356 e. The van der Waals surface area contributed by atoms with Crippen molar-refractivity contribution in [2.75, 3.05) is 23.3 Å². The Hall–Kier alpha value is -3.15. The Morgan fingerprint density at radius 1 is 1.10 bits per heavy atom. The van der Waals surface area contributed by atoms with E-state index in [1.54, 1.807) is 0 Å². The molecule has 0 aliphatic carbocycles. The van der Waals surface area contributed by atoms with Crippen LogP contribution in [-0.2, 0) is 17.8 Å². The molecule has 4 rings (SSSR count). The normalized spacial score (nSPS) is 14.8. The minimum absolute atomic E-state index is 0.0677. The van der Waals surface area contributed by atoms with Crippen molar-refractivity contribution in [3.05, 3.63) is 64.6 Å². The molecule has 6 nitrogen and oxygen atoms in total. The summed E-state index contributed by atoms with van der Waals surface area (Å²) in [6, 6.07) is 15.4. The SMILES string of the molecule is CCc1ccccc1NC(=O)Cn1c(=O)nc(N2CCC(C)CC2)c2ccccc21. The van der Waals surface area contributed by atoms with E-state index in [0.29, 0.717) is 5.92 Å². The number of anilines is 2. The number of rotatable bonds is 5. The van der Waals surface area contributed by atoms with Crippen LogP contribution in [0, 0.1) is 5.92 Å². The number of nitrogens with one attached hydrogen (secondary N) is 1. The van der Waals surface area contributed by atoms with E-state index in [1.165, 1.54) is 4.57 Å². The predicted molar refractivity (Wildman–Crippen MR) is 121 cm³/mol. The van der Waals surface area contributed by atoms with E-state index in [9.17, 15) is 9.59 Å². The van der Waals surface area contributed by atoms with Crippen LogP contribution in [-0.4, -0.2) is 28.5 Å². The zero-order valence-corrected chi connectivity index (χ0v) is 17.6. The molecule has 2 aromatic carbocycles. The highest BCUT2D eigenvalue weighted by Gasteiger charge is 2.21. The molecule has 1 aromatic heterocycles. The number of aryl methyl sites for hydroxylation is 1. The number of piperidine rings is 1. The van der Waals surface area contributed by atoms with Gasteiger partial charge >= 0.3 is 5.69 Å². The van der Waals surface area contributed by atoms with Gasteiger partial charge in [-0.2, -0.15) is 4.98 Å². The number of hydrogen-bond acceptors (Lipinski definition) is 4. The highest BCUT2D eigenvalue weighted by atomic mass is 16.2. The van der Waals surface area contributed by atoms with E-state index < -0.39 is 0 Å². The number of carbonyl (C=O) groups excluding carboxylic acids is 1. The average Bonchev–Trinajstić information content (AvgIpc) is 2.76. The molecule has 1 saturated heterocycles. The topological polar surface area (TPSA) is 67.2 Å². The summed E-state index contributed by atoms with van der Waals surface area (Å²) < 4.78 is 1.47. The summed E-state index contributed by atoms with van der Waals surface area (Å²) in [6.07, 6.45) is 3.01. The van der Waals surface area contributed by atoms with E-state index in [0.717, 1.165) is 60.3 Å². The Balaban J connectivity index is 1.65. The molecule has 156 valence electrons. The molecule has 3 aromatic rings. The molecule has 1 aliphatic heterocycles. The maximum atomic E-state index is 12.9. The molecule has 1 aliphatic rings. The van der Waals surface area contributed by atoms with E-state index in [-0.39, 0.29) is 18.1 Å². The number of para-hydroxylation sites is 2. The molecule has 0 atom stereocenters. The lowest BCUT2D eigenvalue weighted by molar-refractivity contribution is -0.116. The van der Waals surface area contributed by atoms with Gasteiger partial charge in [0.25, 0.3) is 0 Å². The number of fused-ring (bicyclic) bond motifs is 1. The lowest BCUT2D eigenvalue weighted by Gasteiger charge is -2.32. The summed E-state index contributed by atoms with van der Waals surface area (Å²) in [5.41, 5.74) is 2.21. The van der Waals surface area contributed by atoms with Gasteiger partial charge in [0, 0.05) is 24.2 Å². The van der Waals surface area contributed by atoms with Gasteiger partial charge in [0.15, 0.2) is 0 Å². The Kier molecular flexibility index (Phi) is 5.84. The van der Waals surface area contributed by atoms with Crippen molar-refractivity contribution in [1.82, 2.24) is 9.55 Å². The van der Waals surface area contributed by atoms with Crippen LogP contribution in [0.4, 0.5) is 11.5 Å². The quantitative estimate of drug-likeness (QED) is 0.702. The largest absolute Gasteiger partial charge is 0.356 e. The summed E-state index contributed by atoms with van der Waals surface area (Å²) in [6.45, 7) is 6.04. The van der Waals surface area contributed by atoms with Gasteiger partial charge in [-0.25, -0.2) is 4.79 Å². The van der Waals surface area contributed by atoms with Gasteiger partial charge in [-0.3, -0.25) is 9.36 Å². The van der Waals surface area contributed by atoms with Crippen molar-refractivity contribution >= 4 is 28.3 Å². The van der Waals surface area contributed by atoms with Crippen LogP contribution >= 0.6 is 0 Å². The molecular formula is C24H28N4O2. The number of hydrogen-bond donors (Lipinski definition) is 1. The molecule has 2 heterocycles. The Labute approximate surface area is 176 Å². The molecule has 0 radical (unpaired) electrons. The molecule has 1 amide bonds. The molecule has 6 heteroatoms. The standard InChI is InChI=1S/C24H28N4O2/c1-3-18-8-4-6-10-20(18)25-22(29)16-28-21-11-7-5-9-19(21)23(26-24(28)30)27-14-12-17(2)13-15-27/h4-11,17H,3,12-16H2,1-2H3,(H,25,29). The lowest BCUT2D eigenvalue weighted by atomic mass is 9.99. The molecular weight excluding hydrogens is 376 g/mol. The van der Waals surface area contributed by atoms with Crippen LogP contribution in [0.3, 0.4) is 0 Å². The van der Waals surface area contributed by atoms with E-state index >= 15 is 0 Å². The summed E-state index contributed by atoms with van der Waals surface area (Å²) in [4.78, 5) is 32.3. The van der Waals surface area contributed by atoms with Crippen LogP contribution in [0.2, 0.25) is 0 Å². The van der Waals surface area contributed by atoms with E-state index in [4.69, 9.17) is 0 Å². The molecule has 30 heavy (non-hydrogen) atoms. The fourth-order valence-electron chi connectivity index (χ4n) is 4.11. The first-order chi connectivity index (χ1) is 14.6. The monoisotopic (exact) mass is 404 g/mol. The van der Waals surface area contributed by atoms with Crippen molar-refractivity contribution in [3.8, 4) is 0 Å². The molecule has 0 spiro atoms. The summed E-state index contributed by atoms with van der Waals surface area (Å²) in [7, 11) is 0. The Morgan fingerprint density at radius 2 is 1.80 bits per heavy atom. The molecule has 0 bridgehead atoms. The summed E-state index contributed by atoms with van der Waals surface area (Å²) in [5, 5.41) is 3.86. The fourth-order valence-corrected chi connectivity index (χ4v) is 4.11. The van der Waals surface area contributed by atoms with Gasteiger partial charge in [0.2, 0.25) is 5.91 Å². The summed E-state index contributed by atoms with van der Waals surface area (Å²) in [5.74, 6) is 1.20. The van der Waals surface area contributed by atoms with E-state index in [1.807, 2.05) is 55.5 Å². The lowest BCUT2D eigenvalue weighted by Crippen LogP contribution is -2.37. The third-order valence-electron chi connectivity index (χ3n) is 5.93. The van der Waals surface area contributed by atoms with Gasteiger partial charge in [-0.1, -0.05) is 44.2 Å². The minimum atomic E-state index is -0.388. The van der Waals surface area contributed by atoms with Crippen molar-refractivity contribution in [1.29, 1.82) is 0 Å². The van der Waals surface area contributed by atoms with E-state index in [2.05, 4.69) is 22.1 Å². The number of benzene rings is 2. The zero-order valence-electron chi connectivity index (χ0n) is 17.6. The highest BCUT2D eigenvalue weighted by Crippen LogP contribution is 2.27. The average molecular weight is 405 g/mol. The third-order valence-corrected chi connectivity index (χ3v) is 5.93. The predicted octanol–water partition coefficient (Wildman–Crippen LogP) is 3.83. The number of carbonyl (C=O) groups is 1. The van der Waals surface area contributed by atoms with Crippen LogP contribution in [0.15, 0.2) is 53.3 Å². The number of nitrogens with zero attached hydrogens (tertiary/aromatic N) is 3. The van der Waals surface area contributed by atoms with Gasteiger partial charge in [-0.05, 0) is 48.9 Å². The first-order valence-corrected chi connectivity index (χ1v) is 10.7. The van der Waals surface area contributed by atoms with Crippen molar-refractivity contribution < 1.29 is 4.79 Å². The van der Waals surface area contributed by atoms with Gasteiger partial charge < -0.3 is 10.2 Å². The fraction of sp³-hybridized carbons (Fsp3) is 0.375. The molecule has 1 N–H and O–H groups in total. The molecule has 0 unspecified atom stereocenters. The molecule has 1 fully saturated rings. The Bertz CT molecular complexity index is 1110. The first kappa shape index (κ1) is 20.1. The van der Waals surface area contributed by atoms with Crippen LogP contribution in [0.5, 0.6) is 0 Å². The number of aromatic nitrogens is 2. The zero-order chi connectivity index (χ0) is 21.1. The van der Waals surface area contributed by atoms with Crippen LogP contribution in [0.25, 0.3) is 10.9 Å². The Morgan fingerprint density at radius 3 is 2.57 bits per heavy atom. The number of amides is 1. The second kappa shape index (κ2) is 8.69. The van der Waals surface area contributed by atoms with Gasteiger partial charge in [0.1, 0.15) is 12.4 Å². The first-order valence-electron chi connectivity index (χ1n) is 10.7. The second-order valence-corrected chi connectivity index (χ2v) is 8.05. The maximum absolute atomic E-state index is 12.9. The van der Waals surface area contributed by atoms with Crippen molar-refractivity contribution in [2.45, 2.75) is 39.7 Å². The van der Waals surface area contributed by atoms with Gasteiger partial charge in [-0.15, -0.1) is 0 Å². The summed E-state index contributed by atoms with van der Waals surface area (Å²) >= 11 is 0. The highest BCUT2D eigenvalue weighted by molar-refractivity contribution is 5.94. The second-order valence-electron chi connectivity index (χ2n) is 8.05.